The number of amides is 2. The van der Waals surface area contributed by atoms with Crippen LogP contribution in [0.1, 0.15) is 43.2 Å². The van der Waals surface area contributed by atoms with Crippen molar-refractivity contribution in [2.24, 2.45) is 0 Å². The summed E-state index contributed by atoms with van der Waals surface area (Å²) in [6, 6.07) is 10.4. The number of ether oxygens (including phenoxy) is 1. The van der Waals surface area contributed by atoms with Crippen molar-refractivity contribution >= 4 is 39.3 Å². The Bertz CT molecular complexity index is 1470. The van der Waals surface area contributed by atoms with Crippen LogP contribution in [0, 0.1) is 0 Å². The maximum atomic E-state index is 13.9. The van der Waals surface area contributed by atoms with Gasteiger partial charge in [-0.1, -0.05) is 17.7 Å². The Hall–Kier alpha value is -3.62. The largest absolute Gasteiger partial charge is 0.444 e. The fourth-order valence-electron chi connectivity index (χ4n) is 3.39. The normalized spacial score (nSPS) is 12.2. The number of anilines is 1. The maximum Gasteiger partial charge on any atom is 0.434 e. The molecular formula is C25H27ClF3N5O5S. The van der Waals surface area contributed by atoms with Crippen molar-refractivity contribution in [2.75, 3.05) is 18.4 Å². The number of halogens is 4. The fourth-order valence-corrected chi connectivity index (χ4v) is 4.63. The second-order valence-electron chi connectivity index (χ2n) is 9.45. The van der Waals surface area contributed by atoms with Crippen molar-refractivity contribution in [2.45, 2.75) is 43.9 Å². The average Bonchev–Trinajstić information content (AvgIpc) is 3.29. The summed E-state index contributed by atoms with van der Waals surface area (Å²) in [7, 11) is -4.03. The van der Waals surface area contributed by atoms with Crippen LogP contribution >= 0.6 is 11.6 Å². The molecule has 3 N–H and O–H groups in total. The quantitative estimate of drug-likeness (QED) is 0.296. The number of aromatic nitrogens is 2. The zero-order chi connectivity index (χ0) is 29.7. The Morgan fingerprint density at radius 1 is 1.05 bits per heavy atom. The molecule has 3 aromatic rings. The van der Waals surface area contributed by atoms with E-state index >= 15 is 0 Å². The molecule has 216 valence electrons. The second kappa shape index (κ2) is 12.3. The molecule has 0 bridgehead atoms. The predicted octanol–water partition coefficient (Wildman–Crippen LogP) is 4.99. The molecule has 40 heavy (non-hydrogen) atoms. The molecule has 0 aliphatic carbocycles. The first-order chi connectivity index (χ1) is 18.6. The maximum absolute atomic E-state index is 13.9. The number of hydrogen-bond acceptors (Lipinski definition) is 6. The summed E-state index contributed by atoms with van der Waals surface area (Å²) >= 11 is 5.81. The van der Waals surface area contributed by atoms with E-state index in [0.29, 0.717) is 9.70 Å². The second-order valence-corrected chi connectivity index (χ2v) is 11.7. The molecule has 0 aliphatic rings. The molecule has 0 saturated heterocycles. The standard InChI is InChI=1S/C25H27ClF3N5O5S/c1-24(2,3)39-23(36)30-12-5-13-32-40(37,38)19-7-4-6-17(14-19)33-22(35)20-15-31-34(21(20)25(27,28)29)18-10-8-16(26)9-11-18/h4,6-11,14-15,32H,5,12-13H2,1-3H3,(H,30,36)(H,33,35). The van der Waals surface area contributed by atoms with Crippen LogP contribution in [0.4, 0.5) is 23.7 Å². The van der Waals surface area contributed by atoms with Crippen molar-refractivity contribution < 1.29 is 35.9 Å². The summed E-state index contributed by atoms with van der Waals surface area (Å²) < 4.78 is 75.2. The first-order valence-electron chi connectivity index (χ1n) is 11.9. The van der Waals surface area contributed by atoms with Gasteiger partial charge in [-0.25, -0.2) is 22.6 Å². The highest BCUT2D eigenvalue weighted by Gasteiger charge is 2.40. The van der Waals surface area contributed by atoms with Gasteiger partial charge in [0.2, 0.25) is 10.0 Å². The van der Waals surface area contributed by atoms with E-state index in [1.54, 1.807) is 20.8 Å². The molecule has 0 fully saturated rings. The fraction of sp³-hybridized carbons (Fsp3) is 0.320. The first-order valence-corrected chi connectivity index (χ1v) is 13.7. The van der Waals surface area contributed by atoms with Gasteiger partial charge in [-0.3, -0.25) is 4.79 Å². The number of sulfonamides is 1. The number of nitrogens with zero attached hydrogens (tertiary/aromatic N) is 2. The minimum absolute atomic E-state index is 0.0203. The Balaban J connectivity index is 1.69. The molecule has 0 spiro atoms. The molecule has 0 radical (unpaired) electrons. The van der Waals surface area contributed by atoms with Gasteiger partial charge in [0.15, 0.2) is 5.69 Å². The summed E-state index contributed by atoms with van der Waals surface area (Å²) in [4.78, 5) is 24.3. The van der Waals surface area contributed by atoms with Gasteiger partial charge >= 0.3 is 12.3 Å². The van der Waals surface area contributed by atoms with Gasteiger partial charge in [0, 0.05) is 23.8 Å². The van der Waals surface area contributed by atoms with Crippen LogP contribution in [-0.2, 0) is 20.9 Å². The predicted molar refractivity (Wildman–Crippen MR) is 142 cm³/mol. The lowest BCUT2D eigenvalue weighted by atomic mass is 10.2. The third-order valence-corrected chi connectivity index (χ3v) is 6.78. The molecule has 3 rings (SSSR count). The van der Waals surface area contributed by atoms with Crippen LogP contribution in [0.15, 0.2) is 59.6 Å². The first kappa shape index (κ1) is 30.9. The number of benzene rings is 2. The van der Waals surface area contributed by atoms with E-state index in [1.807, 2.05) is 0 Å². The highest BCUT2D eigenvalue weighted by atomic mass is 35.5. The van der Waals surface area contributed by atoms with Crippen molar-refractivity contribution in [3.63, 3.8) is 0 Å². The van der Waals surface area contributed by atoms with Crippen LogP contribution in [0.5, 0.6) is 0 Å². The van der Waals surface area contributed by atoms with Gasteiger partial charge in [-0.15, -0.1) is 0 Å². The van der Waals surface area contributed by atoms with Gasteiger partial charge < -0.3 is 15.4 Å². The van der Waals surface area contributed by atoms with Crippen molar-refractivity contribution in [1.29, 1.82) is 0 Å². The smallest absolute Gasteiger partial charge is 0.434 e. The van der Waals surface area contributed by atoms with E-state index in [9.17, 15) is 31.2 Å². The monoisotopic (exact) mass is 601 g/mol. The molecule has 2 aromatic carbocycles. The molecule has 0 saturated carbocycles. The number of hydrogen-bond donors (Lipinski definition) is 3. The zero-order valence-corrected chi connectivity index (χ0v) is 23.2. The number of rotatable bonds is 9. The van der Waals surface area contributed by atoms with Crippen LogP contribution in [0.3, 0.4) is 0 Å². The van der Waals surface area contributed by atoms with E-state index < -0.39 is 45.1 Å². The summed E-state index contributed by atoms with van der Waals surface area (Å²) in [5.74, 6) is -1.14. The lowest BCUT2D eigenvalue weighted by Gasteiger charge is -2.19. The number of carbonyl (C=O) groups excluding carboxylic acids is 2. The van der Waals surface area contributed by atoms with Gasteiger partial charge in [0.25, 0.3) is 5.91 Å². The molecule has 0 aliphatic heterocycles. The number of carbonyl (C=O) groups is 2. The van der Waals surface area contributed by atoms with Crippen molar-refractivity contribution in [3.8, 4) is 5.69 Å². The zero-order valence-electron chi connectivity index (χ0n) is 21.7. The highest BCUT2D eigenvalue weighted by Crippen LogP contribution is 2.34. The van der Waals surface area contributed by atoms with Crippen LogP contribution in [-0.4, -0.2) is 48.9 Å². The van der Waals surface area contributed by atoms with Gasteiger partial charge in [-0.05, 0) is 69.7 Å². The number of alkyl carbamates (subject to hydrolysis) is 1. The van der Waals surface area contributed by atoms with E-state index in [0.717, 1.165) is 12.3 Å². The van der Waals surface area contributed by atoms with E-state index in [2.05, 4.69) is 20.5 Å². The number of nitrogens with one attached hydrogen (secondary N) is 3. The molecule has 2 amide bonds. The molecule has 10 nitrogen and oxygen atoms in total. The Labute approximate surface area is 233 Å². The average molecular weight is 602 g/mol. The Morgan fingerprint density at radius 3 is 2.35 bits per heavy atom. The molecule has 15 heteroatoms. The van der Waals surface area contributed by atoms with E-state index in [1.165, 1.54) is 42.5 Å². The molecule has 1 aromatic heterocycles. The third kappa shape index (κ3) is 8.44. The SMILES string of the molecule is CC(C)(C)OC(=O)NCCCNS(=O)(=O)c1cccc(NC(=O)c2cnn(-c3ccc(Cl)cc3)c2C(F)(F)F)c1. The van der Waals surface area contributed by atoms with Gasteiger partial charge in [0.1, 0.15) is 5.60 Å². The lowest BCUT2D eigenvalue weighted by molar-refractivity contribution is -0.143. The van der Waals surface area contributed by atoms with Gasteiger partial charge in [-0.2, -0.15) is 18.3 Å². The van der Waals surface area contributed by atoms with Crippen molar-refractivity contribution in [3.05, 3.63) is 71.0 Å². The minimum atomic E-state index is -4.93. The number of alkyl halides is 3. The van der Waals surface area contributed by atoms with E-state index in [-0.39, 0.29) is 35.8 Å². The summed E-state index contributed by atoms with van der Waals surface area (Å²) in [5, 5.41) is 8.84. The summed E-state index contributed by atoms with van der Waals surface area (Å²) in [6.07, 6.45) is -4.53. The topological polar surface area (TPSA) is 131 Å². The van der Waals surface area contributed by atoms with Crippen LogP contribution in [0.25, 0.3) is 5.69 Å². The van der Waals surface area contributed by atoms with Gasteiger partial charge in [0.05, 0.1) is 22.3 Å². The summed E-state index contributed by atoms with van der Waals surface area (Å²) in [6.45, 7) is 5.26. The van der Waals surface area contributed by atoms with Crippen LogP contribution < -0.4 is 15.4 Å². The van der Waals surface area contributed by atoms with Crippen LogP contribution in [0.2, 0.25) is 5.02 Å². The Kier molecular flexibility index (Phi) is 9.48. The third-order valence-electron chi connectivity index (χ3n) is 5.07. The Morgan fingerprint density at radius 2 is 1.73 bits per heavy atom. The highest BCUT2D eigenvalue weighted by molar-refractivity contribution is 7.89. The summed E-state index contributed by atoms with van der Waals surface area (Å²) in [5.41, 5.74) is -2.75. The molecule has 0 atom stereocenters. The lowest BCUT2D eigenvalue weighted by Crippen LogP contribution is -2.34. The molecular weight excluding hydrogens is 575 g/mol. The minimum Gasteiger partial charge on any atom is -0.444 e. The molecule has 1 heterocycles. The van der Waals surface area contributed by atoms with Crippen molar-refractivity contribution in [1.82, 2.24) is 19.8 Å². The molecule has 0 unspecified atom stereocenters. The van der Waals surface area contributed by atoms with E-state index in [4.69, 9.17) is 16.3 Å².